The van der Waals surface area contributed by atoms with E-state index < -0.39 is 46.4 Å². The van der Waals surface area contributed by atoms with Gasteiger partial charge in [-0.1, -0.05) is 36.4 Å². The van der Waals surface area contributed by atoms with Gasteiger partial charge in [-0.05, 0) is 69.3 Å². The number of nitrogens with zero attached hydrogens (tertiary/aromatic N) is 3. The summed E-state index contributed by atoms with van der Waals surface area (Å²) in [4.78, 5) is 27.9. The minimum atomic E-state index is -4.74. The minimum Gasteiger partial charge on any atom is -0.356 e. The lowest BCUT2D eigenvalue weighted by atomic mass is 9.95. The quantitative estimate of drug-likeness (QED) is 0.216. The van der Waals surface area contributed by atoms with Crippen molar-refractivity contribution in [2.24, 2.45) is 0 Å². The SMILES string of the molecule is CC(OCc1c(F)cccc1F)(c1ccccc1)C(F)(F)F.CC=O.CN1CCN(C(=O)N2CCC(S(=O)c3ccc(F)cc3)C2)CC1. The molecule has 3 aromatic rings. The molecule has 3 unspecified atom stereocenters. The van der Waals surface area contributed by atoms with E-state index in [1.54, 1.807) is 23.1 Å². The van der Waals surface area contributed by atoms with Crippen LogP contribution in [-0.4, -0.2) is 89.0 Å². The lowest BCUT2D eigenvalue weighted by molar-refractivity contribution is -0.282. The molecule has 7 nitrogen and oxygen atoms in total. The molecule has 0 radical (unpaired) electrons. The normalized spacial score (nSPS) is 18.5. The van der Waals surface area contributed by atoms with Crippen LogP contribution in [0.4, 0.5) is 31.1 Å². The zero-order valence-electron chi connectivity index (χ0n) is 26.9. The molecule has 5 rings (SSSR count). The molecule has 2 aliphatic rings. The molecule has 0 aliphatic carbocycles. The van der Waals surface area contributed by atoms with Gasteiger partial charge in [-0.3, -0.25) is 4.21 Å². The van der Waals surface area contributed by atoms with E-state index in [2.05, 4.69) is 11.9 Å². The van der Waals surface area contributed by atoms with Crippen molar-refractivity contribution in [3.05, 3.63) is 101 Å². The number of likely N-dealkylation sites (N-methyl/N-ethyl adjacent to an activating group) is 1. The highest BCUT2D eigenvalue weighted by Gasteiger charge is 2.53. The minimum absolute atomic E-state index is 0.0525. The zero-order valence-corrected chi connectivity index (χ0v) is 27.7. The van der Waals surface area contributed by atoms with Gasteiger partial charge in [-0.15, -0.1) is 0 Å². The molecule has 0 spiro atoms. The second-order valence-corrected chi connectivity index (χ2v) is 13.0. The molecule has 0 bridgehead atoms. The average Bonchev–Trinajstić information content (AvgIpc) is 3.56. The Kier molecular flexibility index (Phi) is 14.2. The number of halogens is 6. The Morgan fingerprint density at radius 2 is 1.44 bits per heavy atom. The lowest BCUT2D eigenvalue weighted by Gasteiger charge is -2.34. The Bertz CT molecular complexity index is 1480. The van der Waals surface area contributed by atoms with Crippen molar-refractivity contribution in [3.8, 4) is 0 Å². The number of amides is 2. The van der Waals surface area contributed by atoms with Gasteiger partial charge in [-0.2, -0.15) is 13.2 Å². The van der Waals surface area contributed by atoms with Gasteiger partial charge >= 0.3 is 12.2 Å². The van der Waals surface area contributed by atoms with E-state index in [1.165, 1.54) is 43.3 Å². The molecule has 0 aromatic heterocycles. The number of ether oxygens (including phenoxy) is 1. The van der Waals surface area contributed by atoms with E-state index in [0.29, 0.717) is 18.0 Å². The molecule has 2 saturated heterocycles. The molecule has 2 aliphatic heterocycles. The summed E-state index contributed by atoms with van der Waals surface area (Å²) in [5.74, 6) is -2.22. The van der Waals surface area contributed by atoms with Gasteiger partial charge in [0.05, 0.1) is 22.7 Å². The van der Waals surface area contributed by atoms with Crippen molar-refractivity contribution >= 4 is 23.1 Å². The molecule has 0 saturated carbocycles. The molecule has 3 aromatic carbocycles. The first kappa shape index (κ1) is 38.7. The van der Waals surface area contributed by atoms with Gasteiger partial charge in [0.2, 0.25) is 0 Å². The summed E-state index contributed by atoms with van der Waals surface area (Å²) in [6.45, 7) is 5.88. The van der Waals surface area contributed by atoms with Gasteiger partial charge in [0.15, 0.2) is 5.60 Å². The second-order valence-electron chi connectivity index (χ2n) is 11.3. The number of urea groups is 1. The Labute approximate surface area is 278 Å². The van der Waals surface area contributed by atoms with E-state index in [1.807, 2.05) is 4.90 Å². The van der Waals surface area contributed by atoms with Crippen LogP contribution >= 0.6 is 0 Å². The molecular weight excluding hydrogens is 660 g/mol. The molecule has 14 heteroatoms. The first-order valence-electron chi connectivity index (χ1n) is 15.2. The summed E-state index contributed by atoms with van der Waals surface area (Å²) >= 11 is 0. The van der Waals surface area contributed by atoms with Crippen molar-refractivity contribution in [1.82, 2.24) is 14.7 Å². The van der Waals surface area contributed by atoms with E-state index in [4.69, 9.17) is 9.53 Å². The van der Waals surface area contributed by atoms with Crippen molar-refractivity contribution in [1.29, 1.82) is 0 Å². The van der Waals surface area contributed by atoms with Crippen LogP contribution in [-0.2, 0) is 32.5 Å². The first-order chi connectivity index (χ1) is 22.7. The third kappa shape index (κ3) is 10.1. The third-order valence-corrected chi connectivity index (χ3v) is 9.70. The third-order valence-electron chi connectivity index (χ3n) is 7.97. The molecule has 0 N–H and O–H groups in total. The van der Waals surface area contributed by atoms with Crippen LogP contribution in [0, 0.1) is 17.5 Å². The van der Waals surface area contributed by atoms with Crippen LogP contribution in [0.5, 0.6) is 0 Å². The number of likely N-dealkylation sites (tertiary alicyclic amines) is 1. The Balaban J connectivity index is 0.000000241. The van der Waals surface area contributed by atoms with Crippen LogP contribution in [0.1, 0.15) is 31.4 Å². The standard InChI is InChI=1S/C16H13F5O.C16H22FN3O2S.C2H4O/c1-15(16(19,20)21,11-6-3-2-4-7-11)22-10-12-13(17)8-5-9-14(12)18;1-18-8-10-19(11-9-18)16(21)20-7-6-15(12-20)23(22)14-4-2-13(17)3-5-14;1-2-3/h2-9H,10H2,1H3;2-5,15H,6-12H2,1H3;2H,1H3. The predicted octanol–water partition coefficient (Wildman–Crippen LogP) is 6.54. The van der Waals surface area contributed by atoms with Crippen molar-refractivity contribution < 1.29 is 44.9 Å². The molecule has 3 atom stereocenters. The van der Waals surface area contributed by atoms with Crippen molar-refractivity contribution in [2.45, 2.75) is 48.8 Å². The maximum atomic E-state index is 13.5. The second kappa shape index (κ2) is 17.6. The van der Waals surface area contributed by atoms with Crippen LogP contribution in [0.2, 0.25) is 0 Å². The highest BCUT2D eigenvalue weighted by molar-refractivity contribution is 7.85. The monoisotopic (exact) mass is 699 g/mol. The van der Waals surface area contributed by atoms with Crippen LogP contribution in [0.25, 0.3) is 0 Å². The van der Waals surface area contributed by atoms with E-state index in [-0.39, 0.29) is 22.7 Å². The smallest absolute Gasteiger partial charge is 0.356 e. The van der Waals surface area contributed by atoms with Gasteiger partial charge in [-0.25, -0.2) is 18.0 Å². The summed E-state index contributed by atoms with van der Waals surface area (Å²) in [5, 5.41) is -0.0723. The summed E-state index contributed by atoms with van der Waals surface area (Å²) in [6.07, 6.45) is -3.26. The highest BCUT2D eigenvalue weighted by atomic mass is 32.2. The fourth-order valence-corrected chi connectivity index (χ4v) is 6.43. The summed E-state index contributed by atoms with van der Waals surface area (Å²) in [5.41, 5.74) is -3.34. The van der Waals surface area contributed by atoms with Crippen LogP contribution < -0.4 is 0 Å². The van der Waals surface area contributed by atoms with Gasteiger partial charge in [0.1, 0.15) is 23.7 Å². The summed E-state index contributed by atoms with van der Waals surface area (Å²) < 4.78 is 97.7. The fourth-order valence-electron chi connectivity index (χ4n) is 5.01. The number of piperazine rings is 1. The number of hydrogen-bond donors (Lipinski definition) is 0. The summed E-state index contributed by atoms with van der Waals surface area (Å²) in [7, 11) is 0.853. The van der Waals surface area contributed by atoms with E-state index >= 15 is 0 Å². The van der Waals surface area contributed by atoms with Crippen molar-refractivity contribution in [2.75, 3.05) is 46.3 Å². The maximum absolute atomic E-state index is 13.5. The average molecular weight is 700 g/mol. The Hall–Kier alpha value is -3.75. The molecular formula is C34H39F6N3O4S. The van der Waals surface area contributed by atoms with Crippen LogP contribution in [0.3, 0.4) is 0 Å². The van der Waals surface area contributed by atoms with Crippen molar-refractivity contribution in [3.63, 3.8) is 0 Å². The first-order valence-corrected chi connectivity index (χ1v) is 16.4. The van der Waals surface area contributed by atoms with Crippen LogP contribution in [0.15, 0.2) is 77.7 Å². The fraction of sp³-hybridized carbons (Fsp3) is 0.412. The number of alkyl halides is 3. The highest BCUT2D eigenvalue weighted by Crippen LogP contribution is 2.42. The number of carbonyl (C=O) groups is 2. The summed E-state index contributed by atoms with van der Waals surface area (Å²) in [6, 6.07) is 15.9. The zero-order chi connectivity index (χ0) is 35.5. The van der Waals surface area contributed by atoms with Gasteiger partial charge in [0, 0.05) is 49.7 Å². The largest absolute Gasteiger partial charge is 0.421 e. The predicted molar refractivity (Wildman–Crippen MR) is 170 cm³/mol. The molecule has 2 fully saturated rings. The number of aldehydes is 1. The number of carbonyl (C=O) groups excluding carboxylic acids is 2. The van der Waals surface area contributed by atoms with Gasteiger partial charge < -0.3 is 24.2 Å². The van der Waals surface area contributed by atoms with E-state index in [0.717, 1.165) is 64.0 Å². The number of hydrogen-bond acceptors (Lipinski definition) is 5. The Morgan fingerprint density at radius 3 is 1.98 bits per heavy atom. The van der Waals surface area contributed by atoms with E-state index in [9.17, 15) is 35.3 Å². The molecule has 262 valence electrons. The maximum Gasteiger partial charge on any atom is 0.421 e. The number of rotatable bonds is 6. The topological polar surface area (TPSA) is 70.2 Å². The number of benzene rings is 3. The molecule has 2 heterocycles. The molecule has 2 amide bonds. The van der Waals surface area contributed by atoms with Gasteiger partial charge in [0.25, 0.3) is 0 Å². The Morgan fingerprint density at radius 1 is 0.875 bits per heavy atom. The lowest BCUT2D eigenvalue weighted by Crippen LogP contribution is -2.51. The molecule has 48 heavy (non-hydrogen) atoms.